The summed E-state index contributed by atoms with van der Waals surface area (Å²) in [6.07, 6.45) is 0.531. The molecule has 1 aliphatic heterocycles. The first-order valence-electron chi connectivity index (χ1n) is 8.24. The summed E-state index contributed by atoms with van der Waals surface area (Å²) < 4.78 is 5.74. The Morgan fingerprint density at radius 1 is 1.46 bits per heavy atom. The first kappa shape index (κ1) is 18.5. The van der Waals surface area contributed by atoms with Crippen molar-refractivity contribution in [2.75, 3.05) is 11.9 Å². The molecule has 11 heteroatoms. The zero-order chi connectivity index (χ0) is 18.9. The van der Waals surface area contributed by atoms with Crippen molar-refractivity contribution >= 4 is 22.9 Å². The molecule has 0 radical (unpaired) electrons. The van der Waals surface area contributed by atoms with Gasteiger partial charge in [-0.3, -0.25) is 4.79 Å². The second-order valence-electron chi connectivity index (χ2n) is 6.85. The molecule has 3 heterocycles. The number of nitrogens with one attached hydrogen (secondary N) is 3. The molecule has 1 fully saturated rings. The van der Waals surface area contributed by atoms with Gasteiger partial charge in [0.25, 0.3) is 0 Å². The lowest BCUT2D eigenvalue weighted by molar-refractivity contribution is -0.144. The van der Waals surface area contributed by atoms with Gasteiger partial charge in [0.15, 0.2) is 17.7 Å². The van der Waals surface area contributed by atoms with Crippen molar-refractivity contribution in [1.29, 1.82) is 0 Å². The summed E-state index contributed by atoms with van der Waals surface area (Å²) in [6, 6.07) is -0.569. The zero-order valence-corrected chi connectivity index (χ0v) is 14.5. The molecule has 1 amide bonds. The van der Waals surface area contributed by atoms with Crippen LogP contribution in [0.15, 0.2) is 12.7 Å². The second kappa shape index (κ2) is 7.11. The molecule has 0 unspecified atom stereocenters. The van der Waals surface area contributed by atoms with E-state index in [1.807, 2.05) is 0 Å². The van der Waals surface area contributed by atoms with Crippen LogP contribution in [0.1, 0.15) is 20.3 Å². The monoisotopic (exact) mass is 365 g/mol. The van der Waals surface area contributed by atoms with Gasteiger partial charge in [-0.15, -0.1) is 0 Å². The van der Waals surface area contributed by atoms with Crippen LogP contribution >= 0.6 is 0 Å². The van der Waals surface area contributed by atoms with Gasteiger partial charge in [0.2, 0.25) is 5.91 Å². The summed E-state index contributed by atoms with van der Waals surface area (Å²) in [7, 11) is 0. The maximum atomic E-state index is 12.1. The Morgan fingerprint density at radius 2 is 2.23 bits per heavy atom. The molecular weight excluding hydrogens is 342 g/mol. The summed E-state index contributed by atoms with van der Waals surface area (Å²) in [4.78, 5) is 27.2. The Kier molecular flexibility index (Phi) is 5.05. The van der Waals surface area contributed by atoms with Crippen LogP contribution in [0.2, 0.25) is 0 Å². The van der Waals surface area contributed by atoms with Gasteiger partial charge in [0.05, 0.1) is 24.5 Å². The maximum Gasteiger partial charge on any atom is 0.239 e. The Morgan fingerprint density at radius 3 is 2.92 bits per heavy atom. The van der Waals surface area contributed by atoms with E-state index in [1.165, 1.54) is 12.7 Å². The molecule has 2 aromatic heterocycles. The van der Waals surface area contributed by atoms with Crippen molar-refractivity contribution in [2.24, 2.45) is 5.73 Å². The van der Waals surface area contributed by atoms with E-state index in [4.69, 9.17) is 10.5 Å². The number of nitrogens with two attached hydrogens (primary N) is 1. The van der Waals surface area contributed by atoms with Gasteiger partial charge in [-0.1, -0.05) is 0 Å². The number of aliphatic hydroxyl groups excluding tert-OH is 2. The van der Waals surface area contributed by atoms with Crippen LogP contribution in [0.25, 0.3) is 11.2 Å². The molecule has 0 aliphatic carbocycles. The zero-order valence-electron chi connectivity index (χ0n) is 14.5. The minimum atomic E-state index is -1.08. The van der Waals surface area contributed by atoms with Gasteiger partial charge in [-0.05, 0) is 13.8 Å². The number of hydrogen-bond acceptors (Lipinski definition) is 9. The minimum absolute atomic E-state index is 0.182. The molecule has 11 nitrogen and oxygen atoms in total. The lowest BCUT2D eigenvalue weighted by atomic mass is 9.97. The molecule has 26 heavy (non-hydrogen) atoms. The number of carbonyl (C=O) groups is 1. The van der Waals surface area contributed by atoms with E-state index in [0.717, 1.165) is 0 Å². The van der Waals surface area contributed by atoms with Gasteiger partial charge < -0.3 is 36.3 Å². The fourth-order valence-electron chi connectivity index (χ4n) is 2.73. The summed E-state index contributed by atoms with van der Waals surface area (Å²) in [6.45, 7) is 2.82. The average molecular weight is 365 g/mol. The van der Waals surface area contributed by atoms with E-state index in [1.54, 1.807) is 13.8 Å². The molecule has 142 valence electrons. The van der Waals surface area contributed by atoms with Gasteiger partial charge in [-0.2, -0.15) is 0 Å². The first-order valence-corrected chi connectivity index (χ1v) is 8.24. The highest BCUT2D eigenvalue weighted by Gasteiger charge is 2.39. The van der Waals surface area contributed by atoms with E-state index in [0.29, 0.717) is 17.0 Å². The number of hydrogen-bond donors (Lipinski definition) is 6. The fourth-order valence-corrected chi connectivity index (χ4v) is 2.73. The number of H-pyrrole nitrogens is 1. The van der Waals surface area contributed by atoms with Crippen LogP contribution in [-0.4, -0.2) is 72.7 Å². The highest BCUT2D eigenvalue weighted by atomic mass is 16.5. The van der Waals surface area contributed by atoms with Crippen LogP contribution in [0.5, 0.6) is 0 Å². The van der Waals surface area contributed by atoms with Crippen LogP contribution in [0, 0.1) is 0 Å². The number of imidazole rings is 1. The predicted octanol–water partition coefficient (Wildman–Crippen LogP) is -1.54. The Labute approximate surface area is 149 Å². The summed E-state index contributed by atoms with van der Waals surface area (Å²) >= 11 is 0. The van der Waals surface area contributed by atoms with Crippen LogP contribution in [0.3, 0.4) is 0 Å². The number of aromatic amines is 1. The number of carbonyl (C=O) groups excluding carboxylic acids is 1. The fraction of sp³-hybridized carbons (Fsp3) is 0.600. The minimum Gasteiger partial charge on any atom is -0.394 e. The van der Waals surface area contributed by atoms with Crippen molar-refractivity contribution in [3.05, 3.63) is 12.7 Å². The number of anilines is 1. The molecule has 0 bridgehead atoms. The number of aliphatic hydroxyl groups is 2. The van der Waals surface area contributed by atoms with Crippen LogP contribution in [0.4, 0.5) is 5.82 Å². The highest BCUT2D eigenvalue weighted by Crippen LogP contribution is 2.24. The summed E-state index contributed by atoms with van der Waals surface area (Å²) in [5.41, 5.74) is 5.75. The standard InChI is InChI=1S/C15H23N7O4/c1-15(2,16)14(25)21-7-3-8(24)13(26-9(7)4-23)22-12-10-11(18-5-17-10)19-6-20-12/h5-9,13,23-24H,3-4,16H2,1-2H3,(H,21,25)(H2,17,18,19,20,22)/t7-,8+,9+,13+/m1/s1. The Balaban J connectivity index is 1.72. The summed E-state index contributed by atoms with van der Waals surface area (Å²) in [5, 5.41) is 25.8. The molecule has 3 rings (SSSR count). The quantitative estimate of drug-likeness (QED) is 0.367. The number of aromatic nitrogens is 4. The average Bonchev–Trinajstić information content (AvgIpc) is 3.06. The number of amides is 1. The van der Waals surface area contributed by atoms with Crippen LogP contribution < -0.4 is 16.4 Å². The van der Waals surface area contributed by atoms with Crippen molar-refractivity contribution in [1.82, 2.24) is 25.3 Å². The van der Waals surface area contributed by atoms with Crippen LogP contribution in [-0.2, 0) is 9.53 Å². The second-order valence-corrected chi connectivity index (χ2v) is 6.85. The number of nitrogens with zero attached hydrogens (tertiary/aromatic N) is 3. The SMILES string of the molecule is CC(C)(N)C(=O)N[C@@H]1C[C@H](O)[C@@H](Nc2ncnc3nc[nH]c23)O[C@H]1CO. The van der Waals surface area contributed by atoms with Crippen molar-refractivity contribution in [3.8, 4) is 0 Å². The van der Waals surface area contributed by atoms with Gasteiger partial charge in [0.1, 0.15) is 24.1 Å². The van der Waals surface area contributed by atoms with E-state index in [2.05, 4.69) is 30.6 Å². The van der Waals surface area contributed by atoms with Gasteiger partial charge in [0, 0.05) is 6.42 Å². The molecule has 0 spiro atoms. The Hall–Kier alpha value is -2.34. The summed E-state index contributed by atoms with van der Waals surface area (Å²) in [5.74, 6) is 0.0249. The molecule has 0 aromatic carbocycles. The van der Waals surface area contributed by atoms with E-state index >= 15 is 0 Å². The number of rotatable bonds is 5. The van der Waals surface area contributed by atoms with E-state index in [9.17, 15) is 15.0 Å². The molecule has 1 aliphatic rings. The molecule has 4 atom stereocenters. The third-order valence-corrected chi connectivity index (χ3v) is 4.20. The third kappa shape index (κ3) is 3.75. The smallest absolute Gasteiger partial charge is 0.239 e. The maximum absolute atomic E-state index is 12.1. The van der Waals surface area contributed by atoms with Crippen molar-refractivity contribution in [3.63, 3.8) is 0 Å². The number of fused-ring (bicyclic) bond motifs is 1. The molecule has 7 N–H and O–H groups in total. The molecule has 0 saturated carbocycles. The van der Waals surface area contributed by atoms with Crippen molar-refractivity contribution < 1.29 is 19.7 Å². The van der Waals surface area contributed by atoms with E-state index < -0.39 is 35.9 Å². The van der Waals surface area contributed by atoms with Crippen molar-refractivity contribution in [2.45, 2.75) is 50.3 Å². The molecule has 2 aromatic rings. The predicted molar refractivity (Wildman–Crippen MR) is 91.9 cm³/mol. The molecule has 1 saturated heterocycles. The largest absolute Gasteiger partial charge is 0.394 e. The lowest BCUT2D eigenvalue weighted by Crippen LogP contribution is -2.61. The normalized spacial score (nSPS) is 26.7. The Bertz CT molecular complexity index is 775. The third-order valence-electron chi connectivity index (χ3n) is 4.20. The van der Waals surface area contributed by atoms with Gasteiger partial charge in [-0.25, -0.2) is 15.0 Å². The lowest BCUT2D eigenvalue weighted by Gasteiger charge is -2.40. The molecular formula is C15H23N7O4. The number of ether oxygens (including phenoxy) is 1. The first-order chi connectivity index (χ1) is 12.3. The van der Waals surface area contributed by atoms with Gasteiger partial charge >= 0.3 is 0 Å². The van der Waals surface area contributed by atoms with E-state index in [-0.39, 0.29) is 13.0 Å². The highest BCUT2D eigenvalue weighted by molar-refractivity contribution is 5.85. The topological polar surface area (TPSA) is 171 Å².